The van der Waals surface area contributed by atoms with Crippen LogP contribution < -0.4 is 10.6 Å². The van der Waals surface area contributed by atoms with Crippen LogP contribution in [-0.2, 0) is 4.79 Å². The van der Waals surface area contributed by atoms with Crippen molar-refractivity contribution < 1.29 is 4.79 Å². The number of nitrogens with one attached hydrogen (secondary N) is 2. The van der Waals surface area contributed by atoms with Crippen molar-refractivity contribution in [1.29, 1.82) is 0 Å². The average Bonchev–Trinajstić information content (AvgIpc) is 2.46. The molecule has 1 aliphatic rings. The van der Waals surface area contributed by atoms with Gasteiger partial charge in [-0.1, -0.05) is 31.0 Å². The summed E-state index contributed by atoms with van der Waals surface area (Å²) in [5, 5.41) is 6.85. The molecule has 1 amide bonds. The summed E-state index contributed by atoms with van der Waals surface area (Å²) in [6.45, 7) is 2.63. The minimum absolute atomic E-state index is 0.00937. The van der Waals surface area contributed by atoms with Crippen molar-refractivity contribution in [3.8, 4) is 0 Å². The van der Waals surface area contributed by atoms with E-state index in [0.717, 1.165) is 11.6 Å². The lowest BCUT2D eigenvalue weighted by Gasteiger charge is -2.28. The van der Waals surface area contributed by atoms with E-state index in [0.29, 0.717) is 17.6 Å². The van der Waals surface area contributed by atoms with Crippen LogP contribution in [0.15, 0.2) is 24.3 Å². The van der Waals surface area contributed by atoms with Gasteiger partial charge in [-0.3, -0.25) is 4.79 Å². The van der Waals surface area contributed by atoms with Gasteiger partial charge < -0.3 is 10.6 Å². The van der Waals surface area contributed by atoms with Crippen molar-refractivity contribution in [2.24, 2.45) is 5.92 Å². The molecule has 110 valence electrons. The summed E-state index contributed by atoms with van der Waals surface area (Å²) in [6, 6.07) is 7.71. The van der Waals surface area contributed by atoms with E-state index in [-0.39, 0.29) is 5.91 Å². The number of hydrogen-bond acceptors (Lipinski definition) is 2. The maximum Gasteiger partial charge on any atom is 0.238 e. The normalized spacial score (nSPS) is 22.5. The molecule has 1 saturated carbocycles. The Morgan fingerprint density at radius 1 is 1.30 bits per heavy atom. The molecule has 3 nitrogen and oxygen atoms in total. The Hall–Kier alpha value is -1.06. The lowest BCUT2D eigenvalue weighted by Crippen LogP contribution is -2.38. The zero-order valence-electron chi connectivity index (χ0n) is 12.0. The van der Waals surface area contributed by atoms with Crippen LogP contribution in [0.1, 0.15) is 39.0 Å². The molecule has 0 aliphatic heterocycles. The molecule has 1 aromatic rings. The Morgan fingerprint density at radius 2 is 2.05 bits per heavy atom. The minimum atomic E-state index is -0.00937. The van der Waals surface area contributed by atoms with Crippen LogP contribution in [0.2, 0.25) is 5.02 Å². The van der Waals surface area contributed by atoms with Crippen molar-refractivity contribution in [2.75, 3.05) is 11.9 Å². The van der Waals surface area contributed by atoms with Crippen molar-refractivity contribution in [3.05, 3.63) is 29.3 Å². The number of anilines is 1. The molecule has 4 heteroatoms. The number of rotatable bonds is 5. The standard InChI is InChI=1S/C16H23ClN2O/c1-2-12-6-8-14(9-7-12)18-11-16(20)19-15-5-3-4-13(17)10-15/h3-5,10,12,14,18H,2,6-9,11H2,1H3,(H,19,20). The van der Waals surface area contributed by atoms with E-state index >= 15 is 0 Å². The van der Waals surface area contributed by atoms with Crippen LogP contribution in [0, 0.1) is 5.92 Å². The maximum absolute atomic E-state index is 11.9. The second kappa shape index (κ2) is 7.65. The smallest absolute Gasteiger partial charge is 0.238 e. The predicted molar refractivity (Wildman–Crippen MR) is 84.1 cm³/mol. The summed E-state index contributed by atoms with van der Waals surface area (Å²) in [4.78, 5) is 11.9. The van der Waals surface area contributed by atoms with Crippen molar-refractivity contribution >= 4 is 23.2 Å². The molecular formula is C16H23ClN2O. The molecule has 0 aromatic heterocycles. The summed E-state index contributed by atoms with van der Waals surface area (Å²) in [6.07, 6.45) is 6.21. The van der Waals surface area contributed by atoms with Gasteiger partial charge in [0.25, 0.3) is 0 Å². The maximum atomic E-state index is 11.9. The number of carbonyl (C=O) groups excluding carboxylic acids is 1. The van der Waals surface area contributed by atoms with Crippen LogP contribution in [-0.4, -0.2) is 18.5 Å². The number of halogens is 1. The van der Waals surface area contributed by atoms with E-state index < -0.39 is 0 Å². The zero-order chi connectivity index (χ0) is 14.4. The number of benzene rings is 1. The van der Waals surface area contributed by atoms with Crippen LogP contribution in [0.5, 0.6) is 0 Å². The average molecular weight is 295 g/mol. The van der Waals surface area contributed by atoms with Crippen LogP contribution in [0.25, 0.3) is 0 Å². The lowest BCUT2D eigenvalue weighted by molar-refractivity contribution is -0.115. The Labute approximate surface area is 126 Å². The van der Waals surface area contributed by atoms with Gasteiger partial charge in [-0.2, -0.15) is 0 Å². The monoisotopic (exact) mass is 294 g/mol. The Morgan fingerprint density at radius 3 is 2.70 bits per heavy atom. The highest BCUT2D eigenvalue weighted by Gasteiger charge is 2.19. The summed E-state index contributed by atoms with van der Waals surface area (Å²) in [5.41, 5.74) is 0.749. The molecule has 1 aliphatic carbocycles. The quantitative estimate of drug-likeness (QED) is 0.866. The molecule has 2 N–H and O–H groups in total. The molecule has 0 heterocycles. The molecule has 0 bridgehead atoms. The molecule has 0 saturated heterocycles. The van der Waals surface area contributed by atoms with Crippen LogP contribution in [0.3, 0.4) is 0 Å². The van der Waals surface area contributed by atoms with Gasteiger partial charge in [-0.05, 0) is 49.8 Å². The van der Waals surface area contributed by atoms with Gasteiger partial charge in [0.2, 0.25) is 5.91 Å². The predicted octanol–water partition coefficient (Wildman–Crippen LogP) is 3.84. The van der Waals surface area contributed by atoms with Gasteiger partial charge >= 0.3 is 0 Å². The highest BCUT2D eigenvalue weighted by molar-refractivity contribution is 6.30. The summed E-state index contributed by atoms with van der Waals surface area (Å²) >= 11 is 5.89. The van der Waals surface area contributed by atoms with E-state index in [9.17, 15) is 4.79 Å². The Kier molecular flexibility index (Phi) is 5.86. The number of hydrogen-bond donors (Lipinski definition) is 2. The summed E-state index contributed by atoms with van der Waals surface area (Å²) in [5.74, 6) is 0.873. The Bertz CT molecular complexity index is 442. The molecule has 1 fully saturated rings. The fourth-order valence-electron chi connectivity index (χ4n) is 2.78. The van der Waals surface area contributed by atoms with E-state index in [1.165, 1.54) is 32.1 Å². The fourth-order valence-corrected chi connectivity index (χ4v) is 2.97. The van der Waals surface area contributed by atoms with Crippen LogP contribution in [0.4, 0.5) is 5.69 Å². The van der Waals surface area contributed by atoms with E-state index in [1.807, 2.05) is 12.1 Å². The second-order valence-electron chi connectivity index (χ2n) is 5.57. The summed E-state index contributed by atoms with van der Waals surface area (Å²) in [7, 11) is 0. The van der Waals surface area contributed by atoms with E-state index in [2.05, 4.69) is 17.6 Å². The Balaban J connectivity index is 1.70. The van der Waals surface area contributed by atoms with Gasteiger partial charge in [0, 0.05) is 16.8 Å². The lowest BCUT2D eigenvalue weighted by atomic mass is 9.84. The van der Waals surface area contributed by atoms with Crippen molar-refractivity contribution in [3.63, 3.8) is 0 Å². The molecule has 2 rings (SSSR count). The third-order valence-electron chi connectivity index (χ3n) is 4.08. The van der Waals surface area contributed by atoms with Crippen molar-refractivity contribution in [2.45, 2.75) is 45.1 Å². The third kappa shape index (κ3) is 4.80. The summed E-state index contributed by atoms with van der Waals surface area (Å²) < 4.78 is 0. The largest absolute Gasteiger partial charge is 0.325 e. The zero-order valence-corrected chi connectivity index (χ0v) is 12.7. The van der Waals surface area contributed by atoms with Gasteiger partial charge in [0.05, 0.1) is 6.54 Å². The molecule has 20 heavy (non-hydrogen) atoms. The first-order valence-electron chi connectivity index (χ1n) is 7.46. The van der Waals surface area contributed by atoms with Gasteiger partial charge in [-0.25, -0.2) is 0 Å². The third-order valence-corrected chi connectivity index (χ3v) is 4.32. The highest BCUT2D eigenvalue weighted by Crippen LogP contribution is 2.26. The van der Waals surface area contributed by atoms with Crippen LogP contribution >= 0.6 is 11.6 Å². The molecular weight excluding hydrogens is 272 g/mol. The molecule has 0 spiro atoms. The molecule has 1 aromatic carbocycles. The molecule has 0 atom stereocenters. The fraction of sp³-hybridized carbons (Fsp3) is 0.562. The first-order valence-corrected chi connectivity index (χ1v) is 7.84. The molecule has 0 unspecified atom stereocenters. The van der Waals surface area contributed by atoms with E-state index in [4.69, 9.17) is 11.6 Å². The first kappa shape index (κ1) is 15.3. The number of amides is 1. The van der Waals surface area contributed by atoms with Gasteiger partial charge in [-0.15, -0.1) is 0 Å². The first-order chi connectivity index (χ1) is 9.67. The molecule has 0 radical (unpaired) electrons. The van der Waals surface area contributed by atoms with Crippen molar-refractivity contribution in [1.82, 2.24) is 5.32 Å². The second-order valence-corrected chi connectivity index (χ2v) is 6.00. The number of carbonyl (C=O) groups is 1. The topological polar surface area (TPSA) is 41.1 Å². The van der Waals surface area contributed by atoms with Gasteiger partial charge in [0.15, 0.2) is 0 Å². The minimum Gasteiger partial charge on any atom is -0.325 e. The highest BCUT2D eigenvalue weighted by atomic mass is 35.5. The van der Waals surface area contributed by atoms with Gasteiger partial charge in [0.1, 0.15) is 0 Å². The van der Waals surface area contributed by atoms with E-state index in [1.54, 1.807) is 12.1 Å². The SMILES string of the molecule is CCC1CCC(NCC(=O)Nc2cccc(Cl)c2)CC1.